The standard InChI is InChI=1S/C30H43NO6/c1-8-9-10-14-22(23-18-25(36-6)26(37-7)19-24(23)35-5)28(30(2,3)4)29(34)31-21-13-11-12-20(17-21)15-16-27(32)33/h11-13,17-19,22,28H,8-10,14-16H2,1-7H3,(H,31,34)(H,32,33). The van der Waals surface area contributed by atoms with Gasteiger partial charge in [-0.05, 0) is 47.9 Å². The van der Waals surface area contributed by atoms with Crippen LogP contribution in [0.1, 0.15) is 76.8 Å². The molecule has 2 unspecified atom stereocenters. The largest absolute Gasteiger partial charge is 0.496 e. The number of aliphatic carboxylic acids is 1. The van der Waals surface area contributed by atoms with Crippen LogP contribution >= 0.6 is 0 Å². The molecular formula is C30H43NO6. The number of amides is 1. The number of carbonyl (C=O) groups is 2. The summed E-state index contributed by atoms with van der Waals surface area (Å²) < 4.78 is 16.9. The fraction of sp³-hybridized carbons (Fsp3) is 0.533. The quantitative estimate of drug-likeness (QED) is 0.273. The molecule has 0 aliphatic heterocycles. The summed E-state index contributed by atoms with van der Waals surface area (Å²) in [5.74, 6) is 0.401. The Kier molecular flexibility index (Phi) is 11.3. The lowest BCUT2D eigenvalue weighted by Crippen LogP contribution is -2.38. The van der Waals surface area contributed by atoms with Crippen molar-refractivity contribution >= 4 is 17.6 Å². The van der Waals surface area contributed by atoms with Crippen LogP contribution in [0.5, 0.6) is 17.2 Å². The van der Waals surface area contributed by atoms with Crippen LogP contribution in [0.15, 0.2) is 36.4 Å². The summed E-state index contributed by atoms with van der Waals surface area (Å²) in [5, 5.41) is 12.1. The molecule has 2 N–H and O–H groups in total. The number of unbranched alkanes of at least 4 members (excludes halogenated alkanes) is 2. The lowest BCUT2D eigenvalue weighted by Gasteiger charge is -2.37. The molecule has 0 bridgehead atoms. The number of carboxylic acid groups (broad SMARTS) is 1. The first-order valence-corrected chi connectivity index (χ1v) is 13.0. The number of methoxy groups -OCH3 is 3. The molecule has 2 atom stereocenters. The van der Waals surface area contributed by atoms with Crippen LogP contribution in [-0.4, -0.2) is 38.3 Å². The van der Waals surface area contributed by atoms with Gasteiger partial charge in [-0.1, -0.05) is 59.1 Å². The highest BCUT2D eigenvalue weighted by Gasteiger charge is 2.40. The molecule has 0 spiro atoms. The van der Waals surface area contributed by atoms with E-state index in [1.165, 1.54) is 0 Å². The molecule has 2 aromatic carbocycles. The second kappa shape index (κ2) is 13.9. The Morgan fingerprint density at radius 3 is 2.16 bits per heavy atom. The molecule has 0 aromatic heterocycles. The number of nitrogens with one attached hydrogen (secondary N) is 1. The van der Waals surface area contributed by atoms with Crippen molar-refractivity contribution in [1.29, 1.82) is 0 Å². The molecule has 0 radical (unpaired) electrons. The number of anilines is 1. The lowest BCUT2D eigenvalue weighted by molar-refractivity contribution is -0.137. The van der Waals surface area contributed by atoms with Crippen molar-refractivity contribution in [3.05, 3.63) is 47.5 Å². The number of aryl methyl sites for hydroxylation is 1. The zero-order valence-corrected chi connectivity index (χ0v) is 23.3. The van der Waals surface area contributed by atoms with Gasteiger partial charge in [-0.25, -0.2) is 0 Å². The smallest absolute Gasteiger partial charge is 0.303 e. The van der Waals surface area contributed by atoms with Gasteiger partial charge in [-0.2, -0.15) is 0 Å². The molecule has 2 aromatic rings. The third-order valence-corrected chi connectivity index (χ3v) is 6.69. The molecule has 0 heterocycles. The lowest BCUT2D eigenvalue weighted by atomic mass is 9.68. The maximum Gasteiger partial charge on any atom is 0.303 e. The maximum absolute atomic E-state index is 14.0. The van der Waals surface area contributed by atoms with Gasteiger partial charge in [0.05, 0.1) is 27.2 Å². The van der Waals surface area contributed by atoms with Gasteiger partial charge < -0.3 is 24.6 Å². The molecule has 0 aliphatic rings. The van der Waals surface area contributed by atoms with E-state index in [0.29, 0.717) is 29.4 Å². The van der Waals surface area contributed by atoms with Crippen molar-refractivity contribution in [3.63, 3.8) is 0 Å². The first kappa shape index (κ1) is 30.0. The minimum atomic E-state index is -0.846. The number of hydrogen-bond donors (Lipinski definition) is 2. The Labute approximate surface area is 221 Å². The Morgan fingerprint density at radius 1 is 0.946 bits per heavy atom. The summed E-state index contributed by atoms with van der Waals surface area (Å²) in [6.07, 6.45) is 4.38. The Balaban J connectivity index is 2.52. The first-order valence-electron chi connectivity index (χ1n) is 13.0. The van der Waals surface area contributed by atoms with Crippen molar-refractivity contribution in [2.75, 3.05) is 26.6 Å². The molecule has 2 rings (SSSR count). The van der Waals surface area contributed by atoms with E-state index in [1.807, 2.05) is 36.4 Å². The monoisotopic (exact) mass is 513 g/mol. The van der Waals surface area contributed by atoms with Gasteiger partial charge in [-0.15, -0.1) is 0 Å². The van der Waals surface area contributed by atoms with E-state index in [9.17, 15) is 9.59 Å². The summed E-state index contributed by atoms with van der Waals surface area (Å²) in [5.41, 5.74) is 2.09. The molecule has 0 fully saturated rings. The highest BCUT2D eigenvalue weighted by atomic mass is 16.5. The predicted molar refractivity (Wildman–Crippen MR) is 147 cm³/mol. The van der Waals surface area contributed by atoms with Gasteiger partial charge in [-0.3, -0.25) is 9.59 Å². The third-order valence-electron chi connectivity index (χ3n) is 6.69. The van der Waals surface area contributed by atoms with Gasteiger partial charge >= 0.3 is 5.97 Å². The molecule has 204 valence electrons. The molecule has 7 nitrogen and oxygen atoms in total. The van der Waals surface area contributed by atoms with E-state index in [-0.39, 0.29) is 29.6 Å². The second-order valence-electron chi connectivity index (χ2n) is 10.5. The predicted octanol–water partition coefficient (Wildman–Crippen LogP) is 6.69. The van der Waals surface area contributed by atoms with Crippen molar-refractivity contribution < 1.29 is 28.9 Å². The van der Waals surface area contributed by atoms with Crippen LogP contribution in [0.2, 0.25) is 0 Å². The number of rotatable bonds is 14. The molecular weight excluding hydrogens is 470 g/mol. The molecule has 0 saturated carbocycles. The Hall–Kier alpha value is -3.22. The summed E-state index contributed by atoms with van der Waals surface area (Å²) in [6, 6.07) is 11.2. The van der Waals surface area contributed by atoms with Gasteiger partial charge in [0, 0.05) is 23.7 Å². The third kappa shape index (κ3) is 8.41. The average molecular weight is 514 g/mol. The zero-order valence-electron chi connectivity index (χ0n) is 23.3. The summed E-state index contributed by atoms with van der Waals surface area (Å²) in [7, 11) is 4.82. The first-order chi connectivity index (χ1) is 17.5. The van der Waals surface area contributed by atoms with Crippen LogP contribution in [0, 0.1) is 11.3 Å². The van der Waals surface area contributed by atoms with Crippen LogP contribution in [0.4, 0.5) is 5.69 Å². The van der Waals surface area contributed by atoms with E-state index >= 15 is 0 Å². The summed E-state index contributed by atoms with van der Waals surface area (Å²) in [6.45, 7) is 8.42. The van der Waals surface area contributed by atoms with Crippen molar-refractivity contribution in [3.8, 4) is 17.2 Å². The topological polar surface area (TPSA) is 94.1 Å². The van der Waals surface area contributed by atoms with Crippen molar-refractivity contribution in [2.24, 2.45) is 11.3 Å². The number of carbonyl (C=O) groups excluding carboxylic acids is 1. The van der Waals surface area contributed by atoms with Crippen LogP contribution in [0.3, 0.4) is 0 Å². The molecule has 0 saturated heterocycles. The van der Waals surface area contributed by atoms with Crippen LogP contribution in [-0.2, 0) is 16.0 Å². The zero-order chi connectivity index (χ0) is 27.6. The van der Waals surface area contributed by atoms with E-state index in [1.54, 1.807) is 21.3 Å². The van der Waals surface area contributed by atoms with E-state index in [4.69, 9.17) is 19.3 Å². The normalized spacial score (nSPS) is 12.9. The van der Waals surface area contributed by atoms with Gasteiger partial charge in [0.2, 0.25) is 5.91 Å². The number of hydrogen-bond acceptors (Lipinski definition) is 5. The van der Waals surface area contributed by atoms with E-state index in [2.05, 4.69) is 33.0 Å². The Bertz CT molecular complexity index is 1040. The SMILES string of the molecule is CCCCCC(c1cc(OC)c(OC)cc1OC)C(C(=O)Nc1cccc(CCC(=O)O)c1)C(C)(C)C. The number of ether oxygens (including phenoxy) is 3. The minimum absolute atomic E-state index is 0.0423. The van der Waals surface area contributed by atoms with Gasteiger partial charge in [0.15, 0.2) is 11.5 Å². The molecule has 37 heavy (non-hydrogen) atoms. The van der Waals surface area contributed by atoms with Crippen molar-refractivity contribution in [1.82, 2.24) is 0 Å². The fourth-order valence-electron chi connectivity index (χ4n) is 4.91. The van der Waals surface area contributed by atoms with Gasteiger partial charge in [0.1, 0.15) is 5.75 Å². The van der Waals surface area contributed by atoms with E-state index in [0.717, 1.165) is 36.8 Å². The minimum Gasteiger partial charge on any atom is -0.496 e. The van der Waals surface area contributed by atoms with Crippen LogP contribution < -0.4 is 19.5 Å². The summed E-state index contributed by atoms with van der Waals surface area (Å²) in [4.78, 5) is 25.0. The summed E-state index contributed by atoms with van der Waals surface area (Å²) >= 11 is 0. The maximum atomic E-state index is 14.0. The molecule has 7 heteroatoms. The van der Waals surface area contributed by atoms with Gasteiger partial charge in [0.25, 0.3) is 0 Å². The van der Waals surface area contributed by atoms with Crippen LogP contribution in [0.25, 0.3) is 0 Å². The highest BCUT2D eigenvalue weighted by Crippen LogP contribution is 2.47. The molecule has 1 amide bonds. The fourth-order valence-corrected chi connectivity index (χ4v) is 4.91. The number of benzene rings is 2. The second-order valence-corrected chi connectivity index (χ2v) is 10.5. The van der Waals surface area contributed by atoms with Crippen molar-refractivity contribution in [2.45, 2.75) is 72.1 Å². The molecule has 0 aliphatic carbocycles. The average Bonchev–Trinajstić information content (AvgIpc) is 2.85. The Morgan fingerprint density at radius 2 is 1.59 bits per heavy atom. The van der Waals surface area contributed by atoms with E-state index < -0.39 is 5.97 Å². The highest BCUT2D eigenvalue weighted by molar-refractivity contribution is 5.94. The number of carboxylic acids is 1.